The average molecular weight is 366 g/mol. The van der Waals surface area contributed by atoms with Crippen molar-refractivity contribution in [3.63, 3.8) is 0 Å². The van der Waals surface area contributed by atoms with Crippen molar-refractivity contribution in [1.29, 1.82) is 0 Å². The zero-order valence-corrected chi connectivity index (χ0v) is 13.7. The molecule has 6 nitrogen and oxygen atoms in total. The summed E-state index contributed by atoms with van der Waals surface area (Å²) in [7, 11) is 0. The fraction of sp³-hybridized carbons (Fsp3) is 0.467. The van der Waals surface area contributed by atoms with Gasteiger partial charge in [-0.1, -0.05) is 28.1 Å². The molecule has 0 N–H and O–H groups in total. The molecule has 1 saturated heterocycles. The molecular formula is C15H16BrN3O3. The van der Waals surface area contributed by atoms with Crippen molar-refractivity contribution in [3.8, 4) is 0 Å². The van der Waals surface area contributed by atoms with Crippen molar-refractivity contribution in [2.75, 3.05) is 18.1 Å². The van der Waals surface area contributed by atoms with Crippen LogP contribution in [0.15, 0.2) is 22.8 Å². The van der Waals surface area contributed by atoms with Crippen LogP contribution in [0.1, 0.15) is 19.2 Å². The quantitative estimate of drug-likeness (QED) is 0.767. The van der Waals surface area contributed by atoms with Gasteiger partial charge in [0.1, 0.15) is 12.4 Å². The normalized spacial score (nSPS) is 27.5. The third-order valence-electron chi connectivity index (χ3n) is 4.18. The number of allylic oxidation sites excluding steroid dienone is 2. The van der Waals surface area contributed by atoms with Gasteiger partial charge in [0.05, 0.1) is 18.8 Å². The highest BCUT2D eigenvalue weighted by molar-refractivity contribution is 9.11. The van der Waals surface area contributed by atoms with Crippen molar-refractivity contribution >= 4 is 33.4 Å². The highest BCUT2D eigenvalue weighted by Crippen LogP contribution is 2.35. The van der Waals surface area contributed by atoms with E-state index in [1.165, 1.54) is 0 Å². The van der Waals surface area contributed by atoms with Crippen LogP contribution in [0.3, 0.4) is 0 Å². The maximum absolute atomic E-state index is 11.9. The van der Waals surface area contributed by atoms with E-state index in [2.05, 4.69) is 20.5 Å². The average Bonchev–Trinajstić information content (AvgIpc) is 2.98. The van der Waals surface area contributed by atoms with Gasteiger partial charge >= 0.3 is 6.09 Å². The van der Waals surface area contributed by atoms with Gasteiger partial charge in [-0.05, 0) is 11.4 Å². The monoisotopic (exact) mass is 365 g/mol. The molecule has 3 aliphatic rings. The molecule has 1 aromatic heterocycles. The summed E-state index contributed by atoms with van der Waals surface area (Å²) in [5.41, 5.74) is 1.06. The molecule has 7 heteroatoms. The van der Waals surface area contributed by atoms with E-state index in [1.54, 1.807) is 4.90 Å². The van der Waals surface area contributed by atoms with E-state index in [0.29, 0.717) is 19.0 Å². The topological polar surface area (TPSA) is 56.6 Å². The molecule has 2 atom stereocenters. The summed E-state index contributed by atoms with van der Waals surface area (Å²) < 4.78 is 14.2. The highest BCUT2D eigenvalue weighted by atomic mass is 79.9. The van der Waals surface area contributed by atoms with Gasteiger partial charge in [0.2, 0.25) is 0 Å². The fourth-order valence-electron chi connectivity index (χ4n) is 3.06. The van der Waals surface area contributed by atoms with Crippen LogP contribution in [-0.2, 0) is 16.0 Å². The Kier molecular flexibility index (Phi) is 3.34. The molecule has 0 spiro atoms. The number of halogens is 1. The van der Waals surface area contributed by atoms with Crippen LogP contribution in [0.2, 0.25) is 0 Å². The first-order chi connectivity index (χ1) is 10.6. The summed E-state index contributed by atoms with van der Waals surface area (Å²) in [5.74, 6) is 1.53. The number of carbonyl (C=O) groups excluding carboxylic acids is 1. The summed E-state index contributed by atoms with van der Waals surface area (Å²) in [4.78, 5) is 18.2. The Hall–Kier alpha value is -1.60. The highest BCUT2D eigenvalue weighted by Gasteiger charge is 2.35. The molecule has 4 rings (SSSR count). The molecule has 3 heterocycles. The lowest BCUT2D eigenvalue weighted by Crippen LogP contribution is -2.31. The van der Waals surface area contributed by atoms with Crippen LogP contribution in [0.5, 0.6) is 0 Å². The second kappa shape index (κ2) is 5.24. The number of aromatic nitrogens is 2. The SMILES string of the molecule is C[C@@H]1COC(=O)N1c1cn2c(n1)C1=CC=C(Br)CC1OCC2. The van der Waals surface area contributed by atoms with Gasteiger partial charge in [-0.2, -0.15) is 0 Å². The first kappa shape index (κ1) is 14.0. The number of hydrogen-bond acceptors (Lipinski definition) is 4. The molecule has 1 unspecified atom stereocenters. The molecule has 0 bridgehead atoms. The minimum absolute atomic E-state index is 0.00747. The molecule has 1 aliphatic carbocycles. The number of ether oxygens (including phenoxy) is 2. The molecule has 1 aromatic rings. The number of anilines is 1. The Balaban J connectivity index is 1.76. The second-order valence-electron chi connectivity index (χ2n) is 5.71. The molecule has 22 heavy (non-hydrogen) atoms. The summed E-state index contributed by atoms with van der Waals surface area (Å²) in [6.07, 6.45) is 6.49. The minimum Gasteiger partial charge on any atom is -0.447 e. The van der Waals surface area contributed by atoms with Crippen LogP contribution in [0.4, 0.5) is 10.6 Å². The molecule has 116 valence electrons. The molecule has 2 aliphatic heterocycles. The lowest BCUT2D eigenvalue weighted by molar-refractivity contribution is 0.0922. The van der Waals surface area contributed by atoms with E-state index in [-0.39, 0.29) is 18.2 Å². The minimum atomic E-state index is -0.325. The zero-order valence-electron chi connectivity index (χ0n) is 12.2. The number of cyclic esters (lactones) is 1. The van der Waals surface area contributed by atoms with Gasteiger partial charge in [0, 0.05) is 24.7 Å². The number of carbonyl (C=O) groups is 1. The molecule has 0 aromatic carbocycles. The lowest BCUT2D eigenvalue weighted by atomic mass is 10.0. The molecule has 0 saturated carbocycles. The van der Waals surface area contributed by atoms with Gasteiger partial charge in [-0.25, -0.2) is 9.78 Å². The van der Waals surface area contributed by atoms with Crippen molar-refractivity contribution in [2.24, 2.45) is 0 Å². The van der Waals surface area contributed by atoms with E-state index in [0.717, 1.165) is 28.8 Å². The van der Waals surface area contributed by atoms with Crippen molar-refractivity contribution < 1.29 is 14.3 Å². The third-order valence-corrected chi connectivity index (χ3v) is 4.76. The van der Waals surface area contributed by atoms with Gasteiger partial charge in [0.25, 0.3) is 0 Å². The lowest BCUT2D eigenvalue weighted by Gasteiger charge is -2.20. The first-order valence-electron chi connectivity index (χ1n) is 7.35. The van der Waals surface area contributed by atoms with Crippen molar-refractivity contribution in [1.82, 2.24) is 9.55 Å². The van der Waals surface area contributed by atoms with Crippen LogP contribution in [-0.4, -0.2) is 41.0 Å². The predicted molar refractivity (Wildman–Crippen MR) is 84.9 cm³/mol. The largest absolute Gasteiger partial charge is 0.447 e. The van der Waals surface area contributed by atoms with Gasteiger partial charge < -0.3 is 14.0 Å². The van der Waals surface area contributed by atoms with E-state index < -0.39 is 0 Å². The maximum Gasteiger partial charge on any atom is 0.415 e. The number of amides is 1. The Labute approximate surface area is 136 Å². The first-order valence-corrected chi connectivity index (χ1v) is 8.14. The van der Waals surface area contributed by atoms with Gasteiger partial charge in [0.15, 0.2) is 5.82 Å². The Bertz CT molecular complexity index is 694. The van der Waals surface area contributed by atoms with E-state index >= 15 is 0 Å². The predicted octanol–water partition coefficient (Wildman–Crippen LogP) is 2.69. The van der Waals surface area contributed by atoms with Crippen molar-refractivity contribution in [3.05, 3.63) is 28.7 Å². The molecular weight excluding hydrogens is 350 g/mol. The Morgan fingerprint density at radius 1 is 1.41 bits per heavy atom. The fourth-order valence-corrected chi connectivity index (χ4v) is 3.48. The third kappa shape index (κ3) is 2.19. The molecule has 1 fully saturated rings. The maximum atomic E-state index is 11.9. The summed E-state index contributed by atoms with van der Waals surface area (Å²) in [6.45, 7) is 3.72. The van der Waals surface area contributed by atoms with E-state index in [1.807, 2.05) is 25.3 Å². The van der Waals surface area contributed by atoms with Crippen molar-refractivity contribution in [2.45, 2.75) is 32.0 Å². The summed E-state index contributed by atoms with van der Waals surface area (Å²) in [6, 6.07) is 0.00747. The van der Waals surface area contributed by atoms with Crippen LogP contribution in [0.25, 0.3) is 5.57 Å². The number of nitrogens with zero attached hydrogens (tertiary/aromatic N) is 3. The number of rotatable bonds is 1. The van der Waals surface area contributed by atoms with Gasteiger partial charge in [-0.15, -0.1) is 0 Å². The standard InChI is InChI=1S/C15H16BrN3O3/c1-9-8-22-15(20)19(9)13-7-18-4-5-21-12-6-10(16)2-3-11(12)14(18)17-13/h2-3,7,9,12H,4-6,8H2,1H3/t9-,12?/m1/s1. The Morgan fingerprint density at radius 2 is 2.27 bits per heavy atom. The summed E-state index contributed by atoms with van der Waals surface area (Å²) in [5, 5.41) is 0. The second-order valence-corrected chi connectivity index (χ2v) is 6.73. The van der Waals surface area contributed by atoms with E-state index in [9.17, 15) is 4.79 Å². The number of fused-ring (bicyclic) bond motifs is 3. The molecule has 0 radical (unpaired) electrons. The van der Waals surface area contributed by atoms with Gasteiger partial charge in [-0.3, -0.25) is 4.90 Å². The van der Waals surface area contributed by atoms with E-state index in [4.69, 9.17) is 14.5 Å². The summed E-state index contributed by atoms with van der Waals surface area (Å²) >= 11 is 3.53. The van der Waals surface area contributed by atoms with Crippen LogP contribution >= 0.6 is 15.9 Å². The van der Waals surface area contributed by atoms with Crippen LogP contribution in [0, 0.1) is 0 Å². The molecule has 1 amide bonds. The Morgan fingerprint density at radius 3 is 3.05 bits per heavy atom. The number of imidazole rings is 1. The van der Waals surface area contributed by atoms with Crippen LogP contribution < -0.4 is 4.90 Å². The smallest absolute Gasteiger partial charge is 0.415 e. The zero-order chi connectivity index (χ0) is 15.3. The number of hydrogen-bond donors (Lipinski definition) is 0.